The maximum absolute atomic E-state index is 12.1. The first-order valence-electron chi connectivity index (χ1n) is 14.8. The second-order valence-electron chi connectivity index (χ2n) is 14.2. The van der Waals surface area contributed by atoms with Gasteiger partial charge in [-0.25, -0.2) is 0 Å². The summed E-state index contributed by atoms with van der Waals surface area (Å²) in [6.45, 7) is 19.2. The van der Waals surface area contributed by atoms with Crippen LogP contribution in [0.4, 0.5) is 0 Å². The van der Waals surface area contributed by atoms with Gasteiger partial charge < -0.3 is 14.2 Å². The van der Waals surface area contributed by atoms with Crippen LogP contribution in [0, 0.1) is 76.9 Å². The normalized spacial score (nSPS) is 46.0. The quantitative estimate of drug-likeness (QED) is 0.257. The number of esters is 4. The Hall–Kier alpha value is -1.92. The summed E-state index contributed by atoms with van der Waals surface area (Å²) < 4.78 is 15.0. The fourth-order valence-corrected chi connectivity index (χ4v) is 8.28. The molecule has 0 aromatic heterocycles. The Balaban J connectivity index is 0.000000138. The first-order chi connectivity index (χ1) is 17.6. The molecule has 0 aromatic carbocycles. The fraction of sp³-hybridized carbons (Fsp3) is 0.871. The van der Waals surface area contributed by atoms with Crippen LogP contribution in [0.3, 0.4) is 0 Å². The zero-order valence-electron chi connectivity index (χ0n) is 24.7. The number of hydrogen-bond donors (Lipinski definition) is 0. The largest absolute Gasteiger partial charge is 0.465 e. The summed E-state index contributed by atoms with van der Waals surface area (Å²) >= 11 is 0. The van der Waals surface area contributed by atoms with Crippen LogP contribution in [0.2, 0.25) is 0 Å². The van der Waals surface area contributed by atoms with E-state index < -0.39 is 11.9 Å². The Morgan fingerprint density at radius 3 is 1.74 bits per heavy atom. The van der Waals surface area contributed by atoms with Crippen molar-refractivity contribution in [3.05, 3.63) is 0 Å². The minimum atomic E-state index is -0.396. The fourth-order valence-electron chi connectivity index (χ4n) is 8.28. The predicted molar refractivity (Wildman–Crippen MR) is 141 cm³/mol. The van der Waals surface area contributed by atoms with E-state index in [2.05, 4.69) is 32.4 Å². The molecule has 0 aromatic rings. The van der Waals surface area contributed by atoms with Gasteiger partial charge in [0.2, 0.25) is 0 Å². The van der Waals surface area contributed by atoms with Crippen molar-refractivity contribution in [2.75, 3.05) is 6.61 Å². The molecule has 4 bridgehead atoms. The molecule has 7 heteroatoms. The van der Waals surface area contributed by atoms with Gasteiger partial charge in [0.15, 0.2) is 0 Å². The second kappa shape index (κ2) is 10.6. The lowest BCUT2D eigenvalue weighted by atomic mass is 9.71. The maximum atomic E-state index is 12.1. The molecule has 2 heterocycles. The maximum Gasteiger partial charge on any atom is 0.317 e. The lowest BCUT2D eigenvalue weighted by molar-refractivity contribution is -0.163. The van der Waals surface area contributed by atoms with E-state index in [1.165, 1.54) is 12.8 Å². The van der Waals surface area contributed by atoms with E-state index in [9.17, 15) is 19.2 Å². The molecule has 6 aliphatic rings. The van der Waals surface area contributed by atoms with E-state index in [0.29, 0.717) is 30.3 Å². The molecule has 0 N–H and O–H groups in total. The monoisotopic (exact) mass is 532 g/mol. The Bertz CT molecular complexity index is 930. The van der Waals surface area contributed by atoms with Gasteiger partial charge in [-0.05, 0) is 87.4 Å². The number of fused-ring (bicyclic) bond motifs is 7. The Morgan fingerprint density at radius 1 is 0.711 bits per heavy atom. The molecular formula is C31H48O7. The highest BCUT2D eigenvalue weighted by Crippen LogP contribution is 2.60. The Labute approximate surface area is 228 Å². The zero-order chi connectivity index (χ0) is 28.3. The van der Waals surface area contributed by atoms with Crippen molar-refractivity contribution in [1.82, 2.24) is 0 Å². The lowest BCUT2D eigenvalue weighted by Crippen LogP contribution is -2.35. The topological polar surface area (TPSA) is 96.0 Å². The lowest BCUT2D eigenvalue weighted by Gasteiger charge is -2.32. The van der Waals surface area contributed by atoms with Crippen LogP contribution in [0.1, 0.15) is 81.6 Å². The number of carbonyl (C=O) groups excluding carboxylic acids is 4. The van der Waals surface area contributed by atoms with Crippen molar-refractivity contribution >= 4 is 23.9 Å². The van der Waals surface area contributed by atoms with Gasteiger partial charge >= 0.3 is 23.9 Å². The predicted octanol–water partition coefficient (Wildman–Crippen LogP) is 5.30. The van der Waals surface area contributed by atoms with E-state index in [1.54, 1.807) is 13.8 Å². The standard InChI is InChI=1S/C14H24O2.C11H16O2.C6H8O3/c1-8-9(2)11-6-10(8)7-12(11)13(15)16-14(3,4)5;1-5-6(2)8-3-7(5)9-4-13-11(12)10(8)9;1-3-4(2)6(8)9-5(3)7/h8-12H,6-7H2,1-5H3;5-10H,3-4H2,1-2H3;3-4H,1-2H3. The molecule has 0 radical (unpaired) electrons. The molecule has 13 unspecified atom stereocenters. The van der Waals surface area contributed by atoms with Gasteiger partial charge in [-0.2, -0.15) is 0 Å². The molecule has 2 aliphatic heterocycles. The highest BCUT2D eigenvalue weighted by Gasteiger charge is 2.60. The van der Waals surface area contributed by atoms with Gasteiger partial charge in [0.05, 0.1) is 30.3 Å². The van der Waals surface area contributed by atoms with E-state index in [1.807, 2.05) is 20.8 Å². The molecule has 4 aliphatic carbocycles. The highest BCUT2D eigenvalue weighted by atomic mass is 16.6. The highest BCUT2D eigenvalue weighted by molar-refractivity contribution is 5.95. The molecule has 6 fully saturated rings. The summed E-state index contributed by atoms with van der Waals surface area (Å²) in [5.74, 6) is 5.64. The van der Waals surface area contributed by atoms with Gasteiger partial charge in [0.25, 0.3) is 0 Å². The van der Waals surface area contributed by atoms with Gasteiger partial charge in [0.1, 0.15) is 5.60 Å². The van der Waals surface area contributed by atoms with Crippen LogP contribution in [-0.2, 0) is 33.4 Å². The molecule has 0 amide bonds. The van der Waals surface area contributed by atoms with Crippen LogP contribution in [0.15, 0.2) is 0 Å². The molecule has 4 saturated carbocycles. The molecular weight excluding hydrogens is 484 g/mol. The van der Waals surface area contributed by atoms with Crippen LogP contribution in [-0.4, -0.2) is 36.1 Å². The summed E-state index contributed by atoms with van der Waals surface area (Å²) in [6, 6.07) is 0. The number of hydrogen-bond acceptors (Lipinski definition) is 7. The zero-order valence-corrected chi connectivity index (χ0v) is 24.7. The number of cyclic esters (lactones) is 3. The summed E-state index contributed by atoms with van der Waals surface area (Å²) in [6.07, 6.45) is 3.59. The summed E-state index contributed by atoms with van der Waals surface area (Å²) in [5, 5.41) is 0. The molecule has 6 rings (SSSR count). The molecule has 38 heavy (non-hydrogen) atoms. The van der Waals surface area contributed by atoms with Crippen molar-refractivity contribution in [1.29, 1.82) is 0 Å². The van der Waals surface area contributed by atoms with Crippen molar-refractivity contribution in [2.24, 2.45) is 76.9 Å². The molecule has 214 valence electrons. The summed E-state index contributed by atoms with van der Waals surface area (Å²) in [5.41, 5.74) is -0.340. The Kier molecular flexibility index (Phi) is 8.09. The number of ether oxygens (including phenoxy) is 3. The van der Waals surface area contributed by atoms with Crippen LogP contribution in [0.25, 0.3) is 0 Å². The average Bonchev–Trinajstić information content (AvgIpc) is 3.65. The molecule has 7 nitrogen and oxygen atoms in total. The van der Waals surface area contributed by atoms with Gasteiger partial charge in [0, 0.05) is 5.92 Å². The minimum absolute atomic E-state index is 0.0405. The first kappa shape index (κ1) is 29.1. The van der Waals surface area contributed by atoms with Crippen LogP contribution >= 0.6 is 0 Å². The number of rotatable bonds is 1. The molecule has 0 spiro atoms. The minimum Gasteiger partial charge on any atom is -0.465 e. The van der Waals surface area contributed by atoms with Gasteiger partial charge in [-0.1, -0.05) is 41.5 Å². The van der Waals surface area contributed by atoms with Crippen molar-refractivity contribution in [2.45, 2.75) is 87.2 Å². The van der Waals surface area contributed by atoms with Crippen molar-refractivity contribution in [3.63, 3.8) is 0 Å². The summed E-state index contributed by atoms with van der Waals surface area (Å²) in [4.78, 5) is 44.7. The van der Waals surface area contributed by atoms with Crippen LogP contribution < -0.4 is 0 Å². The van der Waals surface area contributed by atoms with Crippen molar-refractivity contribution in [3.8, 4) is 0 Å². The van der Waals surface area contributed by atoms with E-state index >= 15 is 0 Å². The third-order valence-electron chi connectivity index (χ3n) is 11.2. The SMILES string of the molecule is CC1C(=O)OC(=O)C1C.CC1C(C)C2CC1C1COC(=O)C21.CC1C2CC(C(=O)OC(C)(C)C)C(C2)C1C. The third-order valence-corrected chi connectivity index (χ3v) is 11.2. The van der Waals surface area contributed by atoms with E-state index in [4.69, 9.17) is 9.47 Å². The Morgan fingerprint density at radius 2 is 1.26 bits per heavy atom. The first-order valence-corrected chi connectivity index (χ1v) is 14.8. The van der Waals surface area contributed by atoms with Crippen molar-refractivity contribution < 1.29 is 33.4 Å². The van der Waals surface area contributed by atoms with Crippen LogP contribution in [0.5, 0.6) is 0 Å². The third kappa shape index (κ3) is 5.28. The summed E-state index contributed by atoms with van der Waals surface area (Å²) in [7, 11) is 0. The number of carbonyl (C=O) groups is 4. The molecule has 2 saturated heterocycles. The van der Waals surface area contributed by atoms with E-state index in [-0.39, 0.29) is 41.2 Å². The smallest absolute Gasteiger partial charge is 0.317 e. The van der Waals surface area contributed by atoms with E-state index in [0.717, 1.165) is 36.0 Å². The average molecular weight is 533 g/mol. The molecule has 13 atom stereocenters. The second-order valence-corrected chi connectivity index (χ2v) is 14.2. The van der Waals surface area contributed by atoms with Gasteiger partial charge in [-0.15, -0.1) is 0 Å². The van der Waals surface area contributed by atoms with Gasteiger partial charge in [-0.3, -0.25) is 19.2 Å².